The second-order valence-electron chi connectivity index (χ2n) is 4.19. The number of ether oxygens (including phenoxy) is 1. The van der Waals surface area contributed by atoms with Gasteiger partial charge in [-0.15, -0.1) is 0 Å². The van der Waals surface area contributed by atoms with Crippen LogP contribution >= 0.6 is 15.9 Å². The predicted molar refractivity (Wildman–Crippen MR) is 74.0 cm³/mol. The highest BCUT2D eigenvalue weighted by molar-refractivity contribution is 9.10. The highest BCUT2D eigenvalue weighted by atomic mass is 79.9. The molecule has 1 aromatic rings. The maximum Gasteiger partial charge on any atom is 0.330 e. The number of carbonyl (C=O) groups is 1. The largest absolute Gasteiger partial charge is 0.507 e. The number of rotatable bonds is 4. The molecule has 0 aliphatic heterocycles. The van der Waals surface area contributed by atoms with Crippen LogP contribution in [0.4, 0.5) is 0 Å². The Morgan fingerprint density at radius 1 is 1.50 bits per heavy atom. The van der Waals surface area contributed by atoms with Crippen LogP contribution in [0.3, 0.4) is 0 Å². The lowest BCUT2D eigenvalue weighted by molar-refractivity contribution is -0.143. The molecule has 1 atom stereocenters. The molecule has 0 aliphatic carbocycles. The topological polar surface area (TPSA) is 58.9 Å². The van der Waals surface area contributed by atoms with Crippen molar-refractivity contribution in [2.24, 2.45) is 10.9 Å². The third-order valence-electron chi connectivity index (χ3n) is 2.44. The van der Waals surface area contributed by atoms with E-state index in [1.54, 1.807) is 18.2 Å². The van der Waals surface area contributed by atoms with Gasteiger partial charge in [-0.2, -0.15) is 0 Å². The van der Waals surface area contributed by atoms with Gasteiger partial charge in [0, 0.05) is 16.3 Å². The fourth-order valence-corrected chi connectivity index (χ4v) is 1.79. The Morgan fingerprint density at radius 2 is 2.17 bits per heavy atom. The first-order valence-electron chi connectivity index (χ1n) is 5.55. The first-order valence-corrected chi connectivity index (χ1v) is 6.34. The van der Waals surface area contributed by atoms with Gasteiger partial charge in [0.05, 0.1) is 7.11 Å². The van der Waals surface area contributed by atoms with E-state index in [1.807, 2.05) is 13.8 Å². The Balaban J connectivity index is 2.96. The quantitative estimate of drug-likeness (QED) is 0.687. The summed E-state index contributed by atoms with van der Waals surface area (Å²) < 4.78 is 5.53. The molecule has 0 saturated carbocycles. The van der Waals surface area contributed by atoms with E-state index in [9.17, 15) is 9.90 Å². The van der Waals surface area contributed by atoms with Gasteiger partial charge in [-0.05, 0) is 24.1 Å². The zero-order valence-corrected chi connectivity index (χ0v) is 12.1. The molecule has 1 rings (SSSR count). The van der Waals surface area contributed by atoms with E-state index < -0.39 is 6.04 Å². The summed E-state index contributed by atoms with van der Waals surface area (Å²) >= 11 is 3.31. The summed E-state index contributed by atoms with van der Waals surface area (Å²) in [5, 5.41) is 9.65. The molecule has 0 radical (unpaired) electrons. The average Bonchev–Trinajstić information content (AvgIpc) is 2.32. The molecule has 98 valence electrons. The summed E-state index contributed by atoms with van der Waals surface area (Å²) in [5.41, 5.74) is 0.555. The highest BCUT2D eigenvalue weighted by Gasteiger charge is 2.21. The van der Waals surface area contributed by atoms with Crippen molar-refractivity contribution in [3.8, 4) is 5.75 Å². The van der Waals surface area contributed by atoms with E-state index in [1.165, 1.54) is 13.3 Å². The summed E-state index contributed by atoms with van der Waals surface area (Å²) in [7, 11) is 1.34. The van der Waals surface area contributed by atoms with Crippen molar-refractivity contribution in [1.82, 2.24) is 0 Å². The van der Waals surface area contributed by atoms with E-state index >= 15 is 0 Å². The maximum absolute atomic E-state index is 11.5. The Hall–Kier alpha value is -1.36. The Labute approximate surface area is 115 Å². The molecule has 0 amide bonds. The summed E-state index contributed by atoms with van der Waals surface area (Å²) in [6.07, 6.45) is 1.49. The van der Waals surface area contributed by atoms with Crippen LogP contribution in [0.5, 0.6) is 5.75 Å². The number of methoxy groups -OCH3 is 1. The number of aliphatic imine (C=N–C) groups is 1. The van der Waals surface area contributed by atoms with Gasteiger partial charge >= 0.3 is 5.97 Å². The second-order valence-corrected chi connectivity index (χ2v) is 5.11. The van der Waals surface area contributed by atoms with Crippen molar-refractivity contribution in [2.45, 2.75) is 19.9 Å². The average molecular weight is 314 g/mol. The molecular weight excluding hydrogens is 298 g/mol. The van der Waals surface area contributed by atoms with E-state index in [2.05, 4.69) is 20.9 Å². The van der Waals surface area contributed by atoms with Crippen LogP contribution < -0.4 is 0 Å². The van der Waals surface area contributed by atoms with Crippen molar-refractivity contribution < 1.29 is 14.6 Å². The van der Waals surface area contributed by atoms with Gasteiger partial charge in [-0.3, -0.25) is 4.99 Å². The minimum Gasteiger partial charge on any atom is -0.507 e. The summed E-state index contributed by atoms with van der Waals surface area (Å²) in [6.45, 7) is 3.78. The molecule has 0 spiro atoms. The van der Waals surface area contributed by atoms with Gasteiger partial charge in [-0.1, -0.05) is 29.8 Å². The molecule has 4 nitrogen and oxygen atoms in total. The lowest BCUT2D eigenvalue weighted by Gasteiger charge is -2.13. The van der Waals surface area contributed by atoms with Crippen LogP contribution in [0.1, 0.15) is 19.4 Å². The number of carbonyl (C=O) groups excluding carboxylic acids is 1. The minimum atomic E-state index is -0.562. The van der Waals surface area contributed by atoms with E-state index in [-0.39, 0.29) is 17.6 Å². The minimum absolute atomic E-state index is 0.0306. The van der Waals surface area contributed by atoms with Gasteiger partial charge in [0.1, 0.15) is 11.8 Å². The van der Waals surface area contributed by atoms with Gasteiger partial charge in [0.15, 0.2) is 0 Å². The third-order valence-corrected chi connectivity index (χ3v) is 2.93. The second kappa shape index (κ2) is 6.54. The van der Waals surface area contributed by atoms with E-state index in [4.69, 9.17) is 4.74 Å². The Bertz CT molecular complexity index is 458. The number of hydrogen-bond donors (Lipinski definition) is 1. The lowest BCUT2D eigenvalue weighted by atomic mass is 10.1. The smallest absolute Gasteiger partial charge is 0.330 e. The lowest BCUT2D eigenvalue weighted by Crippen LogP contribution is -2.26. The standard InChI is InChI=1S/C13H16BrNO3/c1-8(2)12(13(17)18-3)15-7-9-6-10(14)4-5-11(9)16/h4-8,12,16H,1-3H3. The fourth-order valence-electron chi connectivity index (χ4n) is 1.42. The van der Waals surface area contributed by atoms with Crippen LogP contribution in [0.15, 0.2) is 27.7 Å². The molecule has 0 saturated heterocycles. The highest BCUT2D eigenvalue weighted by Crippen LogP contribution is 2.20. The third kappa shape index (κ3) is 3.84. The van der Waals surface area contributed by atoms with Crippen molar-refractivity contribution in [3.63, 3.8) is 0 Å². The van der Waals surface area contributed by atoms with Crippen molar-refractivity contribution >= 4 is 28.1 Å². The number of nitrogens with zero attached hydrogens (tertiary/aromatic N) is 1. The molecule has 1 aromatic carbocycles. The number of esters is 1. The molecule has 0 aliphatic rings. The van der Waals surface area contributed by atoms with Crippen molar-refractivity contribution in [3.05, 3.63) is 28.2 Å². The molecule has 0 fully saturated rings. The van der Waals surface area contributed by atoms with E-state index in [0.717, 1.165) is 4.47 Å². The maximum atomic E-state index is 11.5. The summed E-state index contributed by atoms with van der Waals surface area (Å²) in [5.74, 6) is -0.229. The molecule has 5 heteroatoms. The number of benzene rings is 1. The van der Waals surface area contributed by atoms with Gasteiger partial charge in [0.25, 0.3) is 0 Å². The number of aromatic hydroxyl groups is 1. The van der Waals surface area contributed by atoms with Gasteiger partial charge in [-0.25, -0.2) is 4.79 Å². The van der Waals surface area contributed by atoms with Crippen LogP contribution in [0.25, 0.3) is 0 Å². The molecule has 0 bridgehead atoms. The molecule has 0 heterocycles. The normalized spacial score (nSPS) is 12.9. The number of halogens is 1. The van der Waals surface area contributed by atoms with Gasteiger partial charge < -0.3 is 9.84 Å². The van der Waals surface area contributed by atoms with Crippen LogP contribution in [-0.4, -0.2) is 30.4 Å². The first kappa shape index (κ1) is 14.7. The Morgan fingerprint density at radius 3 is 2.72 bits per heavy atom. The Kier molecular flexibility index (Phi) is 5.34. The molecule has 1 unspecified atom stereocenters. The zero-order valence-electron chi connectivity index (χ0n) is 10.6. The summed E-state index contributed by atoms with van der Waals surface area (Å²) in [6, 6.07) is 4.46. The molecule has 0 aromatic heterocycles. The zero-order chi connectivity index (χ0) is 13.7. The monoisotopic (exact) mass is 313 g/mol. The predicted octanol–water partition coefficient (Wildman–Crippen LogP) is 2.77. The molecule has 1 N–H and O–H groups in total. The van der Waals surface area contributed by atoms with Crippen molar-refractivity contribution in [1.29, 1.82) is 0 Å². The van der Waals surface area contributed by atoms with Gasteiger partial charge in [0.2, 0.25) is 0 Å². The van der Waals surface area contributed by atoms with Crippen LogP contribution in [-0.2, 0) is 9.53 Å². The van der Waals surface area contributed by atoms with Crippen LogP contribution in [0.2, 0.25) is 0 Å². The van der Waals surface area contributed by atoms with Crippen molar-refractivity contribution in [2.75, 3.05) is 7.11 Å². The van der Waals surface area contributed by atoms with Crippen LogP contribution in [0, 0.1) is 5.92 Å². The number of phenolic OH excluding ortho intramolecular Hbond substituents is 1. The molecular formula is C13H16BrNO3. The summed E-state index contributed by atoms with van der Waals surface area (Å²) in [4.78, 5) is 15.7. The SMILES string of the molecule is COC(=O)C(N=Cc1cc(Br)ccc1O)C(C)C. The van der Waals surface area contributed by atoms with E-state index in [0.29, 0.717) is 5.56 Å². The molecule has 18 heavy (non-hydrogen) atoms. The fraction of sp³-hybridized carbons (Fsp3) is 0.385. The number of phenols is 1. The number of hydrogen-bond acceptors (Lipinski definition) is 4. The first-order chi connectivity index (χ1) is 8.45.